The van der Waals surface area contributed by atoms with Crippen LogP contribution in [0.3, 0.4) is 0 Å². The van der Waals surface area contributed by atoms with E-state index in [4.69, 9.17) is 9.26 Å². The molecule has 0 spiro atoms. The molecule has 2 fully saturated rings. The quantitative estimate of drug-likeness (QED) is 0.839. The van der Waals surface area contributed by atoms with Gasteiger partial charge in [0.1, 0.15) is 5.76 Å². The molecule has 1 aromatic heterocycles. The first-order valence-electron chi connectivity index (χ1n) is 7.06. The highest BCUT2D eigenvalue weighted by Crippen LogP contribution is 2.40. The highest BCUT2D eigenvalue weighted by Gasteiger charge is 2.30. The van der Waals surface area contributed by atoms with Crippen molar-refractivity contribution in [2.75, 3.05) is 20.2 Å². The number of nitrogens with zero attached hydrogens (tertiary/aromatic N) is 2. The van der Waals surface area contributed by atoms with Crippen molar-refractivity contribution in [1.82, 2.24) is 10.1 Å². The lowest BCUT2D eigenvalue weighted by Gasteiger charge is -2.18. The number of rotatable bonds is 3. The van der Waals surface area contributed by atoms with Crippen LogP contribution in [-0.4, -0.2) is 42.3 Å². The van der Waals surface area contributed by atoms with Gasteiger partial charge in [-0.15, -0.1) is 0 Å². The van der Waals surface area contributed by atoms with Gasteiger partial charge < -0.3 is 14.2 Å². The smallest absolute Gasteiger partial charge is 0.276 e. The summed E-state index contributed by atoms with van der Waals surface area (Å²) in [6.07, 6.45) is 5.49. The number of hydrogen-bond acceptors (Lipinski definition) is 4. The molecule has 1 saturated carbocycles. The summed E-state index contributed by atoms with van der Waals surface area (Å²) < 4.78 is 10.6. The molecule has 1 atom stereocenters. The first-order chi connectivity index (χ1) is 9.28. The molecule has 104 valence electrons. The van der Waals surface area contributed by atoms with Crippen molar-refractivity contribution in [3.8, 4) is 0 Å². The number of carbonyl (C=O) groups excluding carboxylic acids is 1. The van der Waals surface area contributed by atoms with Gasteiger partial charge in [-0.25, -0.2) is 0 Å². The number of hydrogen-bond donors (Lipinski definition) is 0. The molecule has 5 nitrogen and oxygen atoms in total. The lowest BCUT2D eigenvalue weighted by Crippen LogP contribution is -2.32. The maximum atomic E-state index is 12.4. The number of aromatic nitrogens is 1. The highest BCUT2D eigenvalue weighted by molar-refractivity contribution is 5.92. The Morgan fingerprint density at radius 3 is 2.95 bits per heavy atom. The Morgan fingerprint density at radius 1 is 1.37 bits per heavy atom. The molecule has 1 amide bonds. The number of likely N-dealkylation sites (tertiary alicyclic amines) is 1. The van der Waals surface area contributed by atoms with Crippen LogP contribution in [0.2, 0.25) is 0 Å². The minimum Gasteiger partial charge on any atom is -0.381 e. The fourth-order valence-corrected chi connectivity index (χ4v) is 2.62. The maximum absolute atomic E-state index is 12.4. The van der Waals surface area contributed by atoms with Crippen LogP contribution in [0.25, 0.3) is 0 Å². The van der Waals surface area contributed by atoms with Crippen molar-refractivity contribution < 1.29 is 14.1 Å². The summed E-state index contributed by atoms with van der Waals surface area (Å²) >= 11 is 0. The Labute approximate surface area is 112 Å². The summed E-state index contributed by atoms with van der Waals surface area (Å²) in [5, 5.41) is 3.92. The van der Waals surface area contributed by atoms with Gasteiger partial charge in [0.2, 0.25) is 0 Å². The van der Waals surface area contributed by atoms with Crippen molar-refractivity contribution in [3.05, 3.63) is 17.5 Å². The van der Waals surface area contributed by atoms with E-state index in [0.29, 0.717) is 11.6 Å². The summed E-state index contributed by atoms with van der Waals surface area (Å²) in [4.78, 5) is 14.2. The second kappa shape index (κ2) is 5.33. The molecule has 1 aliphatic heterocycles. The van der Waals surface area contributed by atoms with E-state index in [0.717, 1.165) is 51.0 Å². The van der Waals surface area contributed by atoms with E-state index in [1.54, 1.807) is 7.11 Å². The monoisotopic (exact) mass is 264 g/mol. The third-order valence-corrected chi connectivity index (χ3v) is 4.02. The number of amides is 1. The van der Waals surface area contributed by atoms with Crippen LogP contribution in [0.5, 0.6) is 0 Å². The predicted octanol–water partition coefficient (Wildman–Crippen LogP) is 2.19. The zero-order valence-corrected chi connectivity index (χ0v) is 11.3. The highest BCUT2D eigenvalue weighted by atomic mass is 16.5. The van der Waals surface area contributed by atoms with Gasteiger partial charge in [-0.2, -0.15) is 0 Å². The molecule has 19 heavy (non-hydrogen) atoms. The SMILES string of the molecule is CO[C@H]1CCCN(C(=O)c2cc(C3CC3)on2)CC1. The second-order valence-corrected chi connectivity index (χ2v) is 5.47. The normalized spacial score (nSPS) is 24.3. The third kappa shape index (κ3) is 2.81. The minimum absolute atomic E-state index is 0.00703. The lowest BCUT2D eigenvalue weighted by molar-refractivity contribution is 0.0714. The Hall–Kier alpha value is -1.36. The predicted molar refractivity (Wildman–Crippen MR) is 69.0 cm³/mol. The molecule has 0 bridgehead atoms. The molecule has 1 aliphatic carbocycles. The summed E-state index contributed by atoms with van der Waals surface area (Å²) in [7, 11) is 1.74. The molecule has 1 saturated heterocycles. The first-order valence-corrected chi connectivity index (χ1v) is 7.06. The molecule has 5 heteroatoms. The van der Waals surface area contributed by atoms with Gasteiger partial charge in [0, 0.05) is 32.2 Å². The standard InChI is InChI=1S/C14H20N2O3/c1-18-11-3-2-7-16(8-6-11)14(17)12-9-13(19-15-12)10-4-5-10/h9-11H,2-8H2,1H3/t11-/m0/s1. The van der Waals surface area contributed by atoms with Gasteiger partial charge in [-0.3, -0.25) is 4.79 Å². The zero-order valence-electron chi connectivity index (χ0n) is 11.3. The zero-order chi connectivity index (χ0) is 13.2. The topological polar surface area (TPSA) is 55.6 Å². The van der Waals surface area contributed by atoms with Crippen molar-refractivity contribution >= 4 is 5.91 Å². The van der Waals surface area contributed by atoms with Crippen LogP contribution in [0, 0.1) is 0 Å². The van der Waals surface area contributed by atoms with Crippen LogP contribution in [0.1, 0.15) is 54.3 Å². The second-order valence-electron chi connectivity index (χ2n) is 5.47. The maximum Gasteiger partial charge on any atom is 0.276 e. The molecule has 0 N–H and O–H groups in total. The molecule has 0 radical (unpaired) electrons. The van der Waals surface area contributed by atoms with Gasteiger partial charge in [0.25, 0.3) is 5.91 Å². The Morgan fingerprint density at radius 2 is 2.21 bits per heavy atom. The molecule has 0 unspecified atom stereocenters. The first kappa shape index (κ1) is 12.7. The Bertz CT molecular complexity index is 453. The van der Waals surface area contributed by atoms with Gasteiger partial charge in [0.05, 0.1) is 6.10 Å². The Balaban J connectivity index is 1.65. The Kier molecular flexibility index (Phi) is 3.55. The van der Waals surface area contributed by atoms with E-state index in [-0.39, 0.29) is 12.0 Å². The molecular formula is C14H20N2O3. The molecule has 3 rings (SSSR count). The van der Waals surface area contributed by atoms with Crippen LogP contribution in [0.4, 0.5) is 0 Å². The minimum atomic E-state index is -0.00703. The lowest BCUT2D eigenvalue weighted by atomic mass is 10.2. The van der Waals surface area contributed by atoms with Crippen molar-refractivity contribution in [1.29, 1.82) is 0 Å². The van der Waals surface area contributed by atoms with Crippen molar-refractivity contribution in [2.24, 2.45) is 0 Å². The average Bonchev–Trinajstić information content (AvgIpc) is 3.21. The van der Waals surface area contributed by atoms with Gasteiger partial charge in [-0.1, -0.05) is 5.16 Å². The van der Waals surface area contributed by atoms with Crippen LogP contribution >= 0.6 is 0 Å². The fourth-order valence-electron chi connectivity index (χ4n) is 2.62. The number of ether oxygens (including phenoxy) is 1. The van der Waals surface area contributed by atoms with Gasteiger partial charge >= 0.3 is 0 Å². The van der Waals surface area contributed by atoms with Gasteiger partial charge in [0.15, 0.2) is 5.69 Å². The fraction of sp³-hybridized carbons (Fsp3) is 0.714. The summed E-state index contributed by atoms with van der Waals surface area (Å²) in [5.74, 6) is 1.36. The molecule has 2 aliphatic rings. The summed E-state index contributed by atoms with van der Waals surface area (Å²) in [6.45, 7) is 1.52. The number of methoxy groups -OCH3 is 1. The van der Waals surface area contributed by atoms with E-state index >= 15 is 0 Å². The molecular weight excluding hydrogens is 244 g/mol. The summed E-state index contributed by atoms with van der Waals surface area (Å²) in [6, 6.07) is 1.82. The van der Waals surface area contributed by atoms with Gasteiger partial charge in [-0.05, 0) is 32.1 Å². The number of carbonyl (C=O) groups is 1. The van der Waals surface area contributed by atoms with Crippen molar-refractivity contribution in [3.63, 3.8) is 0 Å². The van der Waals surface area contributed by atoms with Crippen molar-refractivity contribution in [2.45, 2.75) is 44.1 Å². The average molecular weight is 264 g/mol. The van der Waals surface area contributed by atoms with E-state index in [1.165, 1.54) is 0 Å². The van der Waals surface area contributed by atoms with E-state index in [9.17, 15) is 4.79 Å². The third-order valence-electron chi connectivity index (χ3n) is 4.02. The van der Waals surface area contributed by atoms with Crippen LogP contribution in [-0.2, 0) is 4.74 Å². The van der Waals surface area contributed by atoms with E-state index in [2.05, 4.69) is 5.16 Å². The molecule has 1 aromatic rings. The van der Waals surface area contributed by atoms with E-state index in [1.807, 2.05) is 11.0 Å². The summed E-state index contributed by atoms with van der Waals surface area (Å²) in [5.41, 5.74) is 0.456. The molecule has 2 heterocycles. The molecule has 0 aromatic carbocycles. The van der Waals surface area contributed by atoms with Crippen LogP contribution < -0.4 is 0 Å². The van der Waals surface area contributed by atoms with Crippen LogP contribution in [0.15, 0.2) is 10.6 Å². The van der Waals surface area contributed by atoms with E-state index < -0.39 is 0 Å². The largest absolute Gasteiger partial charge is 0.381 e.